The molecule has 21 heavy (non-hydrogen) atoms. The SMILES string of the molecule is CC1(c2cc(C(=O)O)cc(C(=O)O)c2C(=O)O)N=CC=N1. The lowest BCUT2D eigenvalue weighted by molar-refractivity contribution is 0.0646. The summed E-state index contributed by atoms with van der Waals surface area (Å²) in [6.45, 7) is 1.46. The Morgan fingerprint density at radius 2 is 1.52 bits per heavy atom. The van der Waals surface area contributed by atoms with E-state index in [2.05, 4.69) is 9.98 Å². The normalized spacial score (nSPS) is 15.1. The van der Waals surface area contributed by atoms with Gasteiger partial charge in [-0.15, -0.1) is 0 Å². The zero-order valence-electron chi connectivity index (χ0n) is 10.8. The summed E-state index contributed by atoms with van der Waals surface area (Å²) in [4.78, 5) is 41.7. The molecule has 108 valence electrons. The number of hydrogen-bond donors (Lipinski definition) is 3. The van der Waals surface area contributed by atoms with Gasteiger partial charge >= 0.3 is 17.9 Å². The third-order valence-corrected chi connectivity index (χ3v) is 3.06. The van der Waals surface area contributed by atoms with Gasteiger partial charge in [-0.1, -0.05) is 0 Å². The minimum absolute atomic E-state index is 0.0858. The van der Waals surface area contributed by atoms with E-state index in [1.165, 1.54) is 19.4 Å². The number of rotatable bonds is 4. The molecule has 0 saturated heterocycles. The maximum absolute atomic E-state index is 11.4. The number of aliphatic imine (C=N–C) groups is 2. The molecule has 0 radical (unpaired) electrons. The minimum atomic E-state index is -1.54. The van der Waals surface area contributed by atoms with Gasteiger partial charge in [0.15, 0.2) is 5.66 Å². The summed E-state index contributed by atoms with van der Waals surface area (Å²) in [6, 6.07) is 1.89. The van der Waals surface area contributed by atoms with Crippen LogP contribution in [0.4, 0.5) is 0 Å². The van der Waals surface area contributed by atoms with Crippen LogP contribution in [0, 0.1) is 0 Å². The molecule has 1 aromatic rings. The number of nitrogens with zero attached hydrogens (tertiary/aromatic N) is 2. The molecule has 1 aliphatic heterocycles. The second-order valence-corrected chi connectivity index (χ2v) is 4.44. The van der Waals surface area contributed by atoms with Crippen molar-refractivity contribution in [3.8, 4) is 0 Å². The standard InChI is InChI=1S/C13H10N2O6/c1-13(14-2-3-15-13)8-5-6(10(16)17)4-7(11(18)19)9(8)12(20)21/h2-5H,1H3,(H,16,17)(H,18,19)(H,20,21). The number of carbonyl (C=O) groups is 3. The van der Waals surface area contributed by atoms with Crippen molar-refractivity contribution in [3.05, 3.63) is 34.4 Å². The van der Waals surface area contributed by atoms with E-state index in [4.69, 9.17) is 10.2 Å². The number of hydrogen-bond acceptors (Lipinski definition) is 5. The van der Waals surface area contributed by atoms with Gasteiger partial charge in [-0.25, -0.2) is 14.4 Å². The van der Waals surface area contributed by atoms with Gasteiger partial charge in [-0.2, -0.15) is 0 Å². The fourth-order valence-corrected chi connectivity index (χ4v) is 2.07. The maximum atomic E-state index is 11.4. The van der Waals surface area contributed by atoms with Crippen LogP contribution in [0.2, 0.25) is 0 Å². The molecule has 0 saturated carbocycles. The Hall–Kier alpha value is -3.03. The van der Waals surface area contributed by atoms with Crippen LogP contribution in [0.5, 0.6) is 0 Å². The first-order chi connectivity index (χ1) is 9.76. The van der Waals surface area contributed by atoms with Crippen molar-refractivity contribution >= 4 is 30.3 Å². The van der Waals surface area contributed by atoms with E-state index in [1.54, 1.807) is 0 Å². The van der Waals surface area contributed by atoms with E-state index in [1.807, 2.05) is 0 Å². The first kappa shape index (κ1) is 14.4. The van der Waals surface area contributed by atoms with E-state index in [0.29, 0.717) is 0 Å². The van der Waals surface area contributed by atoms with Crippen molar-refractivity contribution in [1.29, 1.82) is 0 Å². The molecule has 8 nitrogen and oxygen atoms in total. The predicted octanol–water partition coefficient (Wildman–Crippen LogP) is 1.11. The maximum Gasteiger partial charge on any atom is 0.337 e. The van der Waals surface area contributed by atoms with Crippen LogP contribution in [0.3, 0.4) is 0 Å². The van der Waals surface area contributed by atoms with Gasteiger partial charge < -0.3 is 15.3 Å². The van der Waals surface area contributed by atoms with Gasteiger partial charge in [0.2, 0.25) is 0 Å². The molecular formula is C13H10N2O6. The molecule has 3 N–H and O–H groups in total. The monoisotopic (exact) mass is 290 g/mol. The number of carboxylic acid groups (broad SMARTS) is 3. The molecule has 0 bridgehead atoms. The van der Waals surface area contributed by atoms with Crippen LogP contribution in [0.15, 0.2) is 22.1 Å². The summed E-state index contributed by atoms with van der Waals surface area (Å²) >= 11 is 0. The highest BCUT2D eigenvalue weighted by molar-refractivity contribution is 6.18. The van der Waals surface area contributed by atoms with Crippen LogP contribution in [-0.4, -0.2) is 45.7 Å². The van der Waals surface area contributed by atoms with E-state index in [9.17, 15) is 19.5 Å². The van der Waals surface area contributed by atoms with E-state index < -0.39 is 34.7 Å². The van der Waals surface area contributed by atoms with Crippen LogP contribution in [-0.2, 0) is 5.66 Å². The minimum Gasteiger partial charge on any atom is -0.478 e. The van der Waals surface area contributed by atoms with Crippen molar-refractivity contribution in [3.63, 3.8) is 0 Å². The van der Waals surface area contributed by atoms with Gasteiger partial charge in [0.1, 0.15) is 0 Å². The Kier molecular flexibility index (Phi) is 3.30. The molecule has 2 rings (SSSR count). The lowest BCUT2D eigenvalue weighted by atomic mass is 9.90. The first-order valence-electron chi connectivity index (χ1n) is 5.73. The predicted molar refractivity (Wildman–Crippen MR) is 71.7 cm³/mol. The smallest absolute Gasteiger partial charge is 0.337 e. The molecule has 0 fully saturated rings. The summed E-state index contributed by atoms with van der Waals surface area (Å²) in [5.74, 6) is -4.39. The number of carboxylic acids is 3. The Labute approximate surface area is 118 Å². The van der Waals surface area contributed by atoms with Gasteiger partial charge in [0.25, 0.3) is 0 Å². The Morgan fingerprint density at radius 1 is 0.952 bits per heavy atom. The second kappa shape index (κ2) is 4.82. The number of benzene rings is 1. The largest absolute Gasteiger partial charge is 0.478 e. The molecule has 8 heteroatoms. The molecule has 0 aliphatic carbocycles. The first-order valence-corrected chi connectivity index (χ1v) is 5.73. The van der Waals surface area contributed by atoms with Crippen molar-refractivity contribution in [1.82, 2.24) is 0 Å². The van der Waals surface area contributed by atoms with Crippen LogP contribution < -0.4 is 0 Å². The highest BCUT2D eigenvalue weighted by Crippen LogP contribution is 2.34. The third-order valence-electron chi connectivity index (χ3n) is 3.06. The molecule has 0 aromatic heterocycles. The third kappa shape index (κ3) is 2.38. The fourth-order valence-electron chi connectivity index (χ4n) is 2.07. The Bertz CT molecular complexity index is 708. The average Bonchev–Trinajstić information content (AvgIpc) is 2.85. The number of aromatic carboxylic acids is 3. The molecule has 0 spiro atoms. The average molecular weight is 290 g/mol. The molecule has 1 aliphatic rings. The van der Waals surface area contributed by atoms with Crippen molar-refractivity contribution < 1.29 is 29.7 Å². The Morgan fingerprint density at radius 3 is 1.95 bits per heavy atom. The van der Waals surface area contributed by atoms with Crippen molar-refractivity contribution in [2.75, 3.05) is 0 Å². The lowest BCUT2D eigenvalue weighted by Crippen LogP contribution is -2.23. The summed E-state index contributed by atoms with van der Waals surface area (Å²) in [6.07, 6.45) is 2.67. The second-order valence-electron chi connectivity index (χ2n) is 4.44. The molecule has 1 aromatic carbocycles. The lowest BCUT2D eigenvalue weighted by Gasteiger charge is -2.21. The zero-order valence-corrected chi connectivity index (χ0v) is 10.8. The van der Waals surface area contributed by atoms with E-state index in [-0.39, 0.29) is 11.1 Å². The quantitative estimate of drug-likeness (QED) is 0.759. The van der Waals surface area contributed by atoms with Gasteiger partial charge in [0.05, 0.1) is 16.7 Å². The Balaban J connectivity index is 2.86. The van der Waals surface area contributed by atoms with Gasteiger partial charge in [-0.05, 0) is 19.1 Å². The van der Waals surface area contributed by atoms with E-state index in [0.717, 1.165) is 12.1 Å². The molecule has 0 amide bonds. The van der Waals surface area contributed by atoms with Gasteiger partial charge in [-0.3, -0.25) is 9.98 Å². The molecular weight excluding hydrogens is 280 g/mol. The zero-order chi connectivity index (χ0) is 15.8. The van der Waals surface area contributed by atoms with Gasteiger partial charge in [0, 0.05) is 18.0 Å². The summed E-state index contributed by atoms with van der Waals surface area (Å²) < 4.78 is 0. The topological polar surface area (TPSA) is 137 Å². The van der Waals surface area contributed by atoms with Crippen LogP contribution in [0.1, 0.15) is 43.6 Å². The fraction of sp³-hybridized carbons (Fsp3) is 0.154. The van der Waals surface area contributed by atoms with Crippen molar-refractivity contribution in [2.45, 2.75) is 12.6 Å². The van der Waals surface area contributed by atoms with E-state index >= 15 is 0 Å². The van der Waals surface area contributed by atoms with Crippen LogP contribution in [0.25, 0.3) is 0 Å². The van der Waals surface area contributed by atoms with Crippen LogP contribution >= 0.6 is 0 Å². The highest BCUT2D eigenvalue weighted by Gasteiger charge is 2.35. The summed E-state index contributed by atoms with van der Waals surface area (Å²) in [5.41, 5.74) is -2.92. The van der Waals surface area contributed by atoms with Crippen molar-refractivity contribution in [2.24, 2.45) is 9.98 Å². The molecule has 0 atom stereocenters. The highest BCUT2D eigenvalue weighted by atomic mass is 16.4. The summed E-state index contributed by atoms with van der Waals surface area (Å²) in [7, 11) is 0. The summed E-state index contributed by atoms with van der Waals surface area (Å²) in [5, 5.41) is 27.5. The molecule has 0 unspecified atom stereocenters. The molecule has 1 heterocycles.